The summed E-state index contributed by atoms with van der Waals surface area (Å²) >= 11 is 1.63. The molecule has 2 aliphatic rings. The first-order chi connectivity index (χ1) is 18.1. The van der Waals surface area contributed by atoms with E-state index in [1.54, 1.807) is 23.7 Å². The molecule has 1 aromatic heterocycles. The van der Waals surface area contributed by atoms with E-state index >= 15 is 0 Å². The Kier molecular flexibility index (Phi) is 6.91. The maximum atomic E-state index is 14.0. The molecule has 11 heteroatoms. The molecule has 0 saturated heterocycles. The van der Waals surface area contributed by atoms with Crippen LogP contribution in [0, 0.1) is 0 Å². The van der Waals surface area contributed by atoms with Crippen LogP contribution in [0.25, 0.3) is 0 Å². The van der Waals surface area contributed by atoms with Crippen molar-refractivity contribution in [3.63, 3.8) is 0 Å². The molecule has 0 aliphatic carbocycles. The molecule has 2 aromatic carbocycles. The lowest BCUT2D eigenvalue weighted by Crippen LogP contribution is -2.60. The first kappa shape index (κ1) is 26.2. The summed E-state index contributed by atoms with van der Waals surface area (Å²) in [6, 6.07) is 13.8. The summed E-state index contributed by atoms with van der Waals surface area (Å²) in [5, 5.41) is 11.8. The van der Waals surface area contributed by atoms with Crippen LogP contribution in [0.3, 0.4) is 0 Å². The Balaban J connectivity index is 1.78. The number of nitrogens with zero attached hydrogens (tertiary/aromatic N) is 3. The van der Waals surface area contributed by atoms with Crippen molar-refractivity contribution in [3.05, 3.63) is 93.4 Å². The summed E-state index contributed by atoms with van der Waals surface area (Å²) in [4.78, 5) is 28.1. The van der Waals surface area contributed by atoms with Gasteiger partial charge < -0.3 is 14.7 Å². The minimum absolute atomic E-state index is 0.106. The van der Waals surface area contributed by atoms with Gasteiger partial charge in [-0.15, -0.1) is 11.8 Å². The zero-order valence-corrected chi connectivity index (χ0v) is 21.5. The summed E-state index contributed by atoms with van der Waals surface area (Å²) in [5.41, 5.74) is 1.67. The average molecular weight is 546 g/mol. The van der Waals surface area contributed by atoms with E-state index in [-0.39, 0.29) is 12.1 Å². The average Bonchev–Trinajstić information content (AvgIpc) is 3.06. The second-order valence-corrected chi connectivity index (χ2v) is 10.2. The van der Waals surface area contributed by atoms with Crippen molar-refractivity contribution >= 4 is 17.7 Å². The van der Waals surface area contributed by atoms with Gasteiger partial charge in [-0.05, 0) is 29.7 Å². The van der Waals surface area contributed by atoms with Crippen LogP contribution in [0.2, 0.25) is 0 Å². The van der Waals surface area contributed by atoms with Crippen LogP contribution in [0.15, 0.2) is 70.5 Å². The maximum absolute atomic E-state index is 14.0. The molecular formula is C27H26F3N3O4S. The minimum Gasteiger partial charge on any atom is -0.459 e. The zero-order valence-electron chi connectivity index (χ0n) is 20.7. The molecule has 2 aliphatic heterocycles. The van der Waals surface area contributed by atoms with Crippen LogP contribution in [-0.4, -0.2) is 45.8 Å². The molecule has 3 aromatic rings. The highest BCUT2D eigenvalue weighted by Gasteiger charge is 2.48. The lowest BCUT2D eigenvalue weighted by Gasteiger charge is -2.46. The number of halogens is 3. The molecular weight excluding hydrogens is 519 g/mol. The molecule has 7 nitrogen and oxygen atoms in total. The zero-order chi connectivity index (χ0) is 27.2. The third-order valence-corrected chi connectivity index (χ3v) is 8.00. The van der Waals surface area contributed by atoms with E-state index in [4.69, 9.17) is 4.74 Å². The fourth-order valence-electron chi connectivity index (χ4n) is 4.77. The number of aromatic nitrogens is 1. The second-order valence-electron chi connectivity index (χ2n) is 9.18. The van der Waals surface area contributed by atoms with Crippen molar-refractivity contribution in [2.24, 2.45) is 0 Å². The van der Waals surface area contributed by atoms with Gasteiger partial charge in [-0.2, -0.15) is 13.2 Å². The first-order valence-electron chi connectivity index (χ1n) is 12.2. The standard InChI is InChI=1S/C27H26F3N3O4S/c1-3-22(35)37-25-20(34)12-13-32-24(25)26(36)31(16(2)27(28,29)30)15-33(32)23-18-9-5-4-8-17(18)14-38-21-11-7-6-10-19(21)23/h4-13,16,22-23,35H,3,14-15H2,1-2H3/t16-,22?,23+/m1/s1. The topological polar surface area (TPSA) is 75.0 Å². The highest BCUT2D eigenvalue weighted by molar-refractivity contribution is 7.98. The Morgan fingerprint density at radius 2 is 1.76 bits per heavy atom. The number of aliphatic hydroxyl groups is 1. The van der Waals surface area contributed by atoms with Gasteiger partial charge in [-0.1, -0.05) is 49.4 Å². The minimum atomic E-state index is -4.71. The molecule has 3 heterocycles. The number of rotatable bonds is 5. The van der Waals surface area contributed by atoms with Gasteiger partial charge in [-0.3, -0.25) is 19.3 Å². The van der Waals surface area contributed by atoms with Crippen LogP contribution < -0.4 is 15.2 Å². The van der Waals surface area contributed by atoms with Crippen molar-refractivity contribution in [3.8, 4) is 5.75 Å². The van der Waals surface area contributed by atoms with Crippen LogP contribution in [-0.2, 0) is 5.75 Å². The smallest absolute Gasteiger partial charge is 0.408 e. The van der Waals surface area contributed by atoms with Crippen LogP contribution in [0.4, 0.5) is 13.2 Å². The quantitative estimate of drug-likeness (QED) is 0.471. The van der Waals surface area contributed by atoms with Gasteiger partial charge in [0.15, 0.2) is 12.0 Å². The molecule has 0 saturated carbocycles. The molecule has 0 fully saturated rings. The number of alkyl halides is 3. The van der Waals surface area contributed by atoms with Gasteiger partial charge in [0, 0.05) is 29.3 Å². The molecule has 3 atom stereocenters. The predicted molar refractivity (Wildman–Crippen MR) is 137 cm³/mol. The number of hydrogen-bond donors (Lipinski definition) is 1. The van der Waals surface area contributed by atoms with E-state index in [1.165, 1.54) is 16.9 Å². The Labute approximate surface area is 221 Å². The summed E-state index contributed by atoms with van der Waals surface area (Å²) in [7, 11) is 0. The number of hydrogen-bond acceptors (Lipinski definition) is 6. The molecule has 38 heavy (non-hydrogen) atoms. The molecule has 200 valence electrons. The number of fused-ring (bicyclic) bond motifs is 3. The van der Waals surface area contributed by atoms with Gasteiger partial charge in [-0.25, -0.2) is 0 Å². The third kappa shape index (κ3) is 4.54. The molecule has 0 radical (unpaired) electrons. The third-order valence-electron chi connectivity index (χ3n) is 6.86. The first-order valence-corrected chi connectivity index (χ1v) is 13.1. The molecule has 0 spiro atoms. The number of aliphatic hydroxyl groups excluding tert-OH is 1. The summed E-state index contributed by atoms with van der Waals surface area (Å²) in [6.45, 7) is 2.13. The number of carbonyl (C=O) groups excluding carboxylic acids is 1. The molecule has 5 rings (SSSR count). The Morgan fingerprint density at radius 3 is 2.47 bits per heavy atom. The molecule has 1 unspecified atom stereocenters. The van der Waals surface area contributed by atoms with Crippen molar-refractivity contribution < 1.29 is 27.8 Å². The highest BCUT2D eigenvalue weighted by Crippen LogP contribution is 2.43. The van der Waals surface area contributed by atoms with Gasteiger partial charge in [0.25, 0.3) is 5.91 Å². The normalized spacial score (nSPS) is 18.7. The number of carbonyl (C=O) groups is 1. The monoisotopic (exact) mass is 545 g/mol. The van der Waals surface area contributed by atoms with E-state index in [9.17, 15) is 27.9 Å². The fourth-order valence-corrected chi connectivity index (χ4v) is 5.87. The lowest BCUT2D eigenvalue weighted by atomic mass is 9.94. The van der Waals surface area contributed by atoms with E-state index in [1.807, 2.05) is 48.5 Å². The maximum Gasteiger partial charge on any atom is 0.408 e. The van der Waals surface area contributed by atoms with Crippen molar-refractivity contribution in [1.29, 1.82) is 0 Å². The van der Waals surface area contributed by atoms with Gasteiger partial charge in [0.05, 0.1) is 6.04 Å². The number of ether oxygens (including phenoxy) is 1. The number of benzene rings is 2. The SMILES string of the molecule is CCC(O)Oc1c2n(ccc1=O)N([C@H]1c3ccccc3CSc3ccccc31)CN([C@H](C)C(F)(F)F)C2=O. The number of thioether (sulfide) groups is 1. The van der Waals surface area contributed by atoms with Gasteiger partial charge in [0.2, 0.25) is 11.2 Å². The van der Waals surface area contributed by atoms with Crippen LogP contribution in [0.5, 0.6) is 5.75 Å². The Hall–Kier alpha value is -3.44. The summed E-state index contributed by atoms with van der Waals surface area (Å²) in [5.74, 6) is -0.833. The van der Waals surface area contributed by atoms with E-state index in [0.717, 1.165) is 28.5 Å². The number of pyridine rings is 1. The van der Waals surface area contributed by atoms with Gasteiger partial charge >= 0.3 is 6.18 Å². The fraction of sp³-hybridized carbons (Fsp3) is 0.333. The van der Waals surface area contributed by atoms with Crippen molar-refractivity contribution in [2.45, 2.75) is 55.5 Å². The second kappa shape index (κ2) is 10.0. The summed E-state index contributed by atoms with van der Waals surface area (Å²) < 4.78 is 48.8. The largest absolute Gasteiger partial charge is 0.459 e. The van der Waals surface area contributed by atoms with E-state index in [0.29, 0.717) is 10.7 Å². The number of amides is 1. The lowest BCUT2D eigenvalue weighted by molar-refractivity contribution is -0.173. The van der Waals surface area contributed by atoms with Crippen molar-refractivity contribution in [2.75, 3.05) is 11.7 Å². The summed E-state index contributed by atoms with van der Waals surface area (Å²) in [6.07, 6.45) is -4.64. The van der Waals surface area contributed by atoms with Gasteiger partial charge in [0.1, 0.15) is 12.7 Å². The highest BCUT2D eigenvalue weighted by atomic mass is 32.2. The van der Waals surface area contributed by atoms with Crippen molar-refractivity contribution in [1.82, 2.24) is 9.58 Å². The van der Waals surface area contributed by atoms with Crippen LogP contribution >= 0.6 is 11.8 Å². The Bertz CT molecular complexity index is 1380. The van der Waals surface area contributed by atoms with Crippen LogP contribution in [0.1, 0.15) is 53.5 Å². The Morgan fingerprint density at radius 1 is 1.08 bits per heavy atom. The van der Waals surface area contributed by atoms with E-state index < -0.39 is 48.3 Å². The molecule has 0 bridgehead atoms. The van der Waals surface area contributed by atoms with E-state index in [2.05, 4.69) is 0 Å². The predicted octanol–water partition coefficient (Wildman–Crippen LogP) is 4.65. The molecule has 1 N–H and O–H groups in total. The molecule has 1 amide bonds.